The second kappa shape index (κ2) is 5.64. The van der Waals surface area contributed by atoms with Crippen molar-refractivity contribution < 1.29 is 4.74 Å². The molecule has 3 rings (SSSR count). The third-order valence-corrected chi connectivity index (χ3v) is 4.72. The molecule has 2 heteroatoms. The monoisotopic (exact) mass is 259 g/mol. The van der Waals surface area contributed by atoms with Crippen molar-refractivity contribution in [2.24, 2.45) is 5.92 Å². The summed E-state index contributed by atoms with van der Waals surface area (Å²) in [7, 11) is 1.88. The van der Waals surface area contributed by atoms with Crippen molar-refractivity contribution in [3.63, 3.8) is 0 Å². The molecule has 1 saturated carbocycles. The van der Waals surface area contributed by atoms with Crippen LogP contribution in [0.5, 0.6) is 0 Å². The second-order valence-electron chi connectivity index (χ2n) is 6.04. The molecule has 2 aliphatic rings. The quantitative estimate of drug-likeness (QED) is 0.812. The van der Waals surface area contributed by atoms with Gasteiger partial charge in [-0.1, -0.05) is 31.2 Å². The second-order valence-corrected chi connectivity index (χ2v) is 6.04. The smallest absolute Gasteiger partial charge is 0.0752 e. The number of fused-ring (bicyclic) bond motifs is 1. The third-order valence-electron chi connectivity index (χ3n) is 4.72. The van der Waals surface area contributed by atoms with Gasteiger partial charge in [-0.25, -0.2) is 0 Å². The van der Waals surface area contributed by atoms with Crippen molar-refractivity contribution in [2.75, 3.05) is 13.7 Å². The number of benzene rings is 1. The lowest BCUT2D eigenvalue weighted by atomic mass is 9.73. The number of hydrogen-bond acceptors (Lipinski definition) is 2. The van der Waals surface area contributed by atoms with Gasteiger partial charge in [0.05, 0.1) is 6.10 Å². The Morgan fingerprint density at radius 2 is 2.11 bits per heavy atom. The van der Waals surface area contributed by atoms with Crippen LogP contribution in [-0.2, 0) is 11.2 Å². The lowest BCUT2D eigenvalue weighted by Crippen LogP contribution is -2.44. The van der Waals surface area contributed by atoms with Gasteiger partial charge in [-0.15, -0.1) is 0 Å². The molecule has 3 unspecified atom stereocenters. The summed E-state index contributed by atoms with van der Waals surface area (Å²) in [6.45, 7) is 3.23. The fraction of sp³-hybridized carbons (Fsp3) is 0.647. The molecule has 0 aromatic heterocycles. The highest BCUT2D eigenvalue weighted by Gasteiger charge is 2.38. The number of likely N-dealkylation sites (N-methyl/N-ethyl adjacent to an activating group) is 1. The van der Waals surface area contributed by atoms with E-state index in [1.54, 1.807) is 11.1 Å². The first-order valence-electron chi connectivity index (χ1n) is 7.67. The topological polar surface area (TPSA) is 21.3 Å². The summed E-state index contributed by atoms with van der Waals surface area (Å²) in [6.07, 6.45) is 5.58. The molecule has 0 aliphatic heterocycles. The maximum absolute atomic E-state index is 5.78. The van der Waals surface area contributed by atoms with Crippen molar-refractivity contribution >= 4 is 0 Å². The van der Waals surface area contributed by atoms with Crippen LogP contribution in [0.15, 0.2) is 24.3 Å². The molecule has 1 N–H and O–H groups in total. The minimum atomic E-state index is 0.410. The van der Waals surface area contributed by atoms with Gasteiger partial charge in [0, 0.05) is 13.2 Å². The highest BCUT2D eigenvalue weighted by atomic mass is 16.5. The molecule has 0 spiro atoms. The van der Waals surface area contributed by atoms with Gasteiger partial charge in [-0.05, 0) is 55.2 Å². The zero-order valence-corrected chi connectivity index (χ0v) is 12.1. The fourth-order valence-corrected chi connectivity index (χ4v) is 3.59. The van der Waals surface area contributed by atoms with Gasteiger partial charge in [-0.3, -0.25) is 0 Å². The third kappa shape index (κ3) is 2.70. The van der Waals surface area contributed by atoms with Gasteiger partial charge in [0.15, 0.2) is 0 Å². The van der Waals surface area contributed by atoms with E-state index in [1.807, 2.05) is 7.11 Å². The Morgan fingerprint density at radius 3 is 2.74 bits per heavy atom. The molecule has 19 heavy (non-hydrogen) atoms. The Balaban J connectivity index is 1.65. The molecule has 3 atom stereocenters. The zero-order valence-electron chi connectivity index (χ0n) is 12.1. The van der Waals surface area contributed by atoms with E-state index >= 15 is 0 Å². The average molecular weight is 259 g/mol. The molecule has 1 aromatic carbocycles. The molecule has 0 saturated heterocycles. The summed E-state index contributed by atoms with van der Waals surface area (Å²) in [6, 6.07) is 9.40. The number of methoxy groups -OCH3 is 1. The summed E-state index contributed by atoms with van der Waals surface area (Å²) in [5.41, 5.74) is 3.11. The van der Waals surface area contributed by atoms with E-state index in [0.29, 0.717) is 12.1 Å². The number of ether oxygens (including phenoxy) is 1. The van der Waals surface area contributed by atoms with Crippen molar-refractivity contribution in [3.05, 3.63) is 35.4 Å². The number of rotatable bonds is 7. The predicted octanol–water partition coefficient (Wildman–Crippen LogP) is 3.12. The standard InChI is InChI=1S/C17H25NO/c1-3-18-16(17(19-2)12-8-9-12)11-14-10-13-6-4-5-7-15(13)14/h4-7,12,14,16-18H,3,8-11H2,1-2H3. The molecule has 104 valence electrons. The summed E-state index contributed by atoms with van der Waals surface area (Å²) in [4.78, 5) is 0. The molecule has 2 nitrogen and oxygen atoms in total. The van der Waals surface area contributed by atoms with Crippen LogP contribution in [-0.4, -0.2) is 25.8 Å². The van der Waals surface area contributed by atoms with Gasteiger partial charge in [0.2, 0.25) is 0 Å². The molecule has 0 heterocycles. The van der Waals surface area contributed by atoms with Gasteiger partial charge < -0.3 is 10.1 Å². The molecular weight excluding hydrogens is 234 g/mol. The molecule has 2 aliphatic carbocycles. The Bertz CT molecular complexity index is 427. The molecule has 1 aromatic rings. The SMILES string of the molecule is CCNC(CC1Cc2ccccc21)C(OC)C1CC1. The zero-order chi connectivity index (χ0) is 13.2. The maximum atomic E-state index is 5.78. The highest BCUT2D eigenvalue weighted by molar-refractivity contribution is 5.40. The van der Waals surface area contributed by atoms with Crippen LogP contribution < -0.4 is 5.32 Å². The first-order chi connectivity index (χ1) is 9.33. The van der Waals surface area contributed by atoms with E-state index < -0.39 is 0 Å². The van der Waals surface area contributed by atoms with Crippen LogP contribution in [0, 0.1) is 5.92 Å². The average Bonchev–Trinajstić information content (AvgIpc) is 3.21. The van der Waals surface area contributed by atoms with Gasteiger partial charge in [0.1, 0.15) is 0 Å². The molecule has 1 fully saturated rings. The Kier molecular flexibility index (Phi) is 3.90. The number of hydrogen-bond donors (Lipinski definition) is 1. The van der Waals surface area contributed by atoms with Crippen LogP contribution in [0.1, 0.15) is 43.2 Å². The number of nitrogens with one attached hydrogen (secondary N) is 1. The van der Waals surface area contributed by atoms with Gasteiger partial charge in [-0.2, -0.15) is 0 Å². The maximum Gasteiger partial charge on any atom is 0.0752 e. The first kappa shape index (κ1) is 13.1. The highest BCUT2D eigenvalue weighted by Crippen LogP contribution is 2.41. The summed E-state index contributed by atoms with van der Waals surface area (Å²) in [5, 5.41) is 3.66. The summed E-state index contributed by atoms with van der Waals surface area (Å²) in [5.74, 6) is 1.53. The first-order valence-corrected chi connectivity index (χ1v) is 7.67. The normalized spacial score (nSPS) is 24.4. The van der Waals surface area contributed by atoms with Crippen LogP contribution in [0.2, 0.25) is 0 Å². The van der Waals surface area contributed by atoms with E-state index in [2.05, 4.69) is 36.5 Å². The molecule has 0 bridgehead atoms. The lowest BCUT2D eigenvalue weighted by molar-refractivity contribution is 0.0458. The van der Waals surface area contributed by atoms with Crippen LogP contribution in [0.3, 0.4) is 0 Å². The summed E-state index contributed by atoms with van der Waals surface area (Å²) < 4.78 is 5.78. The van der Waals surface area contributed by atoms with Gasteiger partial charge in [0.25, 0.3) is 0 Å². The van der Waals surface area contributed by atoms with Crippen LogP contribution >= 0.6 is 0 Å². The van der Waals surface area contributed by atoms with E-state index in [-0.39, 0.29) is 0 Å². The molecule has 0 amide bonds. The Morgan fingerprint density at radius 1 is 1.32 bits per heavy atom. The van der Waals surface area contributed by atoms with Gasteiger partial charge >= 0.3 is 0 Å². The van der Waals surface area contributed by atoms with Crippen molar-refractivity contribution in [2.45, 2.75) is 50.7 Å². The summed E-state index contributed by atoms with van der Waals surface area (Å²) >= 11 is 0. The van der Waals surface area contributed by atoms with Crippen molar-refractivity contribution in [1.82, 2.24) is 5.32 Å². The van der Waals surface area contributed by atoms with E-state index in [0.717, 1.165) is 18.4 Å². The van der Waals surface area contributed by atoms with Crippen LogP contribution in [0.4, 0.5) is 0 Å². The Labute approximate surface area is 116 Å². The molecule has 0 radical (unpaired) electrons. The van der Waals surface area contributed by atoms with Crippen LogP contribution in [0.25, 0.3) is 0 Å². The van der Waals surface area contributed by atoms with E-state index in [9.17, 15) is 0 Å². The fourth-order valence-electron chi connectivity index (χ4n) is 3.59. The van der Waals surface area contributed by atoms with E-state index in [4.69, 9.17) is 4.74 Å². The largest absolute Gasteiger partial charge is 0.380 e. The van der Waals surface area contributed by atoms with E-state index in [1.165, 1.54) is 25.7 Å². The van der Waals surface area contributed by atoms with Crippen molar-refractivity contribution in [3.8, 4) is 0 Å². The minimum absolute atomic E-state index is 0.410. The Hall–Kier alpha value is -0.860. The predicted molar refractivity (Wildman–Crippen MR) is 78.5 cm³/mol. The lowest BCUT2D eigenvalue weighted by Gasteiger charge is -2.36. The molecular formula is C17H25NO. The van der Waals surface area contributed by atoms with Crippen molar-refractivity contribution in [1.29, 1.82) is 0 Å². The minimum Gasteiger partial charge on any atom is -0.380 e.